The predicted octanol–water partition coefficient (Wildman–Crippen LogP) is 2.27. The lowest BCUT2D eigenvalue weighted by molar-refractivity contribution is 0.134. The SMILES string of the molecule is CN1CCC2(C)CCCCC12. The monoisotopic (exact) mass is 153 g/mol. The van der Waals surface area contributed by atoms with E-state index in [1.807, 2.05) is 0 Å². The summed E-state index contributed by atoms with van der Waals surface area (Å²) in [5, 5.41) is 0. The molecule has 2 atom stereocenters. The van der Waals surface area contributed by atoms with E-state index >= 15 is 0 Å². The highest BCUT2D eigenvalue weighted by atomic mass is 15.2. The average molecular weight is 153 g/mol. The molecule has 1 heteroatoms. The molecule has 0 amide bonds. The molecule has 2 unspecified atom stereocenters. The fourth-order valence-electron chi connectivity index (χ4n) is 3.01. The first-order valence-corrected chi connectivity index (χ1v) is 4.93. The normalized spacial score (nSPS) is 45.8. The molecule has 0 spiro atoms. The van der Waals surface area contributed by atoms with Crippen molar-refractivity contribution in [2.24, 2.45) is 5.41 Å². The van der Waals surface area contributed by atoms with Crippen molar-refractivity contribution in [1.82, 2.24) is 4.90 Å². The molecular formula is C10H19N. The summed E-state index contributed by atoms with van der Waals surface area (Å²) in [6, 6.07) is 0.913. The van der Waals surface area contributed by atoms with E-state index in [-0.39, 0.29) is 0 Å². The summed E-state index contributed by atoms with van der Waals surface area (Å²) < 4.78 is 0. The van der Waals surface area contributed by atoms with Gasteiger partial charge < -0.3 is 4.90 Å². The van der Waals surface area contributed by atoms with Crippen molar-refractivity contribution in [3.8, 4) is 0 Å². The first kappa shape index (κ1) is 7.60. The Bertz CT molecular complexity index is 151. The summed E-state index contributed by atoms with van der Waals surface area (Å²) in [7, 11) is 2.29. The van der Waals surface area contributed by atoms with Gasteiger partial charge in [-0.25, -0.2) is 0 Å². The average Bonchev–Trinajstić information content (AvgIpc) is 2.29. The van der Waals surface area contributed by atoms with Crippen LogP contribution in [0.1, 0.15) is 39.0 Å². The Hall–Kier alpha value is -0.0400. The number of rotatable bonds is 0. The summed E-state index contributed by atoms with van der Waals surface area (Å²) in [4.78, 5) is 2.57. The van der Waals surface area contributed by atoms with Crippen LogP contribution in [0.5, 0.6) is 0 Å². The van der Waals surface area contributed by atoms with Crippen LogP contribution in [-0.2, 0) is 0 Å². The van der Waals surface area contributed by atoms with Crippen LogP contribution in [0.2, 0.25) is 0 Å². The molecule has 1 heterocycles. The third kappa shape index (κ3) is 1.10. The molecule has 0 aromatic carbocycles. The van der Waals surface area contributed by atoms with Crippen LogP contribution < -0.4 is 0 Å². The molecule has 0 aromatic heterocycles. The van der Waals surface area contributed by atoms with Gasteiger partial charge in [0.2, 0.25) is 0 Å². The van der Waals surface area contributed by atoms with Gasteiger partial charge >= 0.3 is 0 Å². The molecule has 0 radical (unpaired) electrons. The third-order valence-electron chi connectivity index (χ3n) is 3.85. The van der Waals surface area contributed by atoms with E-state index in [1.165, 1.54) is 38.6 Å². The fourth-order valence-corrected chi connectivity index (χ4v) is 3.01. The zero-order valence-corrected chi connectivity index (χ0v) is 7.77. The maximum absolute atomic E-state index is 2.57. The quantitative estimate of drug-likeness (QED) is 0.516. The van der Waals surface area contributed by atoms with Crippen LogP contribution in [0.3, 0.4) is 0 Å². The van der Waals surface area contributed by atoms with Gasteiger partial charge in [-0.2, -0.15) is 0 Å². The Labute approximate surface area is 69.8 Å². The van der Waals surface area contributed by atoms with Gasteiger partial charge in [-0.3, -0.25) is 0 Å². The van der Waals surface area contributed by atoms with Crippen LogP contribution in [0.4, 0.5) is 0 Å². The van der Waals surface area contributed by atoms with Crippen LogP contribution in [-0.4, -0.2) is 24.5 Å². The molecule has 64 valence electrons. The molecule has 1 aliphatic heterocycles. The Morgan fingerprint density at radius 3 is 2.82 bits per heavy atom. The molecular weight excluding hydrogens is 134 g/mol. The highest BCUT2D eigenvalue weighted by molar-refractivity contribution is 4.97. The summed E-state index contributed by atoms with van der Waals surface area (Å²) in [5.74, 6) is 0. The molecule has 11 heavy (non-hydrogen) atoms. The largest absolute Gasteiger partial charge is 0.303 e. The van der Waals surface area contributed by atoms with Gasteiger partial charge in [-0.05, 0) is 38.3 Å². The third-order valence-corrected chi connectivity index (χ3v) is 3.85. The van der Waals surface area contributed by atoms with Gasteiger partial charge in [-0.1, -0.05) is 19.8 Å². The van der Waals surface area contributed by atoms with Crippen molar-refractivity contribution in [3.05, 3.63) is 0 Å². The lowest BCUT2D eigenvalue weighted by Crippen LogP contribution is -2.38. The van der Waals surface area contributed by atoms with Gasteiger partial charge in [0.25, 0.3) is 0 Å². The van der Waals surface area contributed by atoms with Gasteiger partial charge in [0, 0.05) is 6.04 Å². The van der Waals surface area contributed by atoms with Crippen molar-refractivity contribution in [1.29, 1.82) is 0 Å². The van der Waals surface area contributed by atoms with Gasteiger partial charge in [0.1, 0.15) is 0 Å². The smallest absolute Gasteiger partial charge is 0.0146 e. The van der Waals surface area contributed by atoms with Gasteiger partial charge in [0.05, 0.1) is 0 Å². The van der Waals surface area contributed by atoms with Gasteiger partial charge in [-0.15, -0.1) is 0 Å². The number of fused-ring (bicyclic) bond motifs is 1. The molecule has 1 saturated heterocycles. The first-order chi connectivity index (χ1) is 5.22. The van der Waals surface area contributed by atoms with Gasteiger partial charge in [0.15, 0.2) is 0 Å². The lowest BCUT2D eigenvalue weighted by Gasteiger charge is -2.38. The molecule has 0 aromatic rings. The summed E-state index contributed by atoms with van der Waals surface area (Å²) in [6.07, 6.45) is 7.30. The van der Waals surface area contributed by atoms with E-state index in [2.05, 4.69) is 18.9 Å². The number of hydrogen-bond donors (Lipinski definition) is 0. The maximum atomic E-state index is 2.57. The Kier molecular flexibility index (Phi) is 1.71. The molecule has 0 N–H and O–H groups in total. The highest BCUT2D eigenvalue weighted by Crippen LogP contribution is 2.45. The molecule has 1 aliphatic carbocycles. The second-order valence-electron chi connectivity index (χ2n) is 4.65. The number of nitrogens with zero attached hydrogens (tertiary/aromatic N) is 1. The zero-order valence-electron chi connectivity index (χ0n) is 7.77. The summed E-state index contributed by atoms with van der Waals surface area (Å²) in [5.41, 5.74) is 0.688. The minimum absolute atomic E-state index is 0.688. The molecule has 0 bridgehead atoms. The van der Waals surface area contributed by atoms with Crippen LogP contribution in [0.25, 0.3) is 0 Å². The van der Waals surface area contributed by atoms with E-state index in [0.717, 1.165) is 6.04 Å². The van der Waals surface area contributed by atoms with Crippen LogP contribution in [0, 0.1) is 5.41 Å². The molecule has 1 saturated carbocycles. The first-order valence-electron chi connectivity index (χ1n) is 4.93. The van der Waals surface area contributed by atoms with Crippen molar-refractivity contribution in [3.63, 3.8) is 0 Å². The van der Waals surface area contributed by atoms with E-state index in [9.17, 15) is 0 Å². The highest BCUT2D eigenvalue weighted by Gasteiger charge is 2.42. The Morgan fingerprint density at radius 1 is 1.27 bits per heavy atom. The predicted molar refractivity (Wildman–Crippen MR) is 47.6 cm³/mol. The summed E-state index contributed by atoms with van der Waals surface area (Å²) >= 11 is 0. The topological polar surface area (TPSA) is 3.24 Å². The zero-order chi connectivity index (χ0) is 7.90. The maximum Gasteiger partial charge on any atom is 0.0146 e. The minimum atomic E-state index is 0.688. The molecule has 2 aliphatic rings. The Balaban J connectivity index is 2.14. The van der Waals surface area contributed by atoms with Crippen molar-refractivity contribution in [2.75, 3.05) is 13.6 Å². The van der Waals surface area contributed by atoms with Crippen LogP contribution >= 0.6 is 0 Å². The van der Waals surface area contributed by atoms with E-state index in [0.29, 0.717) is 5.41 Å². The van der Waals surface area contributed by atoms with Crippen molar-refractivity contribution >= 4 is 0 Å². The standard InChI is InChI=1S/C10H19N/c1-10-6-4-3-5-9(10)11(2)8-7-10/h9H,3-8H2,1-2H3. The molecule has 1 nitrogen and oxygen atoms in total. The van der Waals surface area contributed by atoms with E-state index in [1.54, 1.807) is 0 Å². The fraction of sp³-hybridized carbons (Fsp3) is 1.00. The van der Waals surface area contributed by atoms with Crippen molar-refractivity contribution in [2.45, 2.75) is 45.1 Å². The molecule has 2 rings (SSSR count). The van der Waals surface area contributed by atoms with Crippen molar-refractivity contribution < 1.29 is 0 Å². The second-order valence-corrected chi connectivity index (χ2v) is 4.65. The molecule has 2 fully saturated rings. The second kappa shape index (κ2) is 2.48. The van der Waals surface area contributed by atoms with E-state index < -0.39 is 0 Å². The lowest BCUT2D eigenvalue weighted by atomic mass is 9.72. The minimum Gasteiger partial charge on any atom is -0.303 e. The van der Waals surface area contributed by atoms with E-state index in [4.69, 9.17) is 0 Å². The Morgan fingerprint density at radius 2 is 2.09 bits per heavy atom. The summed E-state index contributed by atoms with van der Waals surface area (Å²) in [6.45, 7) is 3.82. The number of likely N-dealkylation sites (tertiary alicyclic amines) is 1. The van der Waals surface area contributed by atoms with Crippen LogP contribution in [0.15, 0.2) is 0 Å². The number of hydrogen-bond acceptors (Lipinski definition) is 1.